The number of benzene rings is 1. The first-order valence-electron chi connectivity index (χ1n) is 13.1. The molecule has 0 spiro atoms. The van der Waals surface area contributed by atoms with Gasteiger partial charge in [0.25, 0.3) is 11.8 Å². The first-order valence-corrected chi connectivity index (χ1v) is 13.9. The van der Waals surface area contributed by atoms with Crippen LogP contribution in [0.5, 0.6) is 0 Å². The Balaban J connectivity index is 1.18. The van der Waals surface area contributed by atoms with E-state index in [9.17, 15) is 9.59 Å². The number of fused-ring (bicyclic) bond motifs is 3. The molecule has 2 amide bonds. The van der Waals surface area contributed by atoms with E-state index >= 15 is 0 Å². The van der Waals surface area contributed by atoms with Gasteiger partial charge in [-0.25, -0.2) is 4.98 Å². The molecule has 1 unspecified atom stereocenters. The maximum absolute atomic E-state index is 13.9. The van der Waals surface area contributed by atoms with Crippen LogP contribution in [0.3, 0.4) is 0 Å². The third kappa shape index (κ3) is 4.31. The third-order valence-corrected chi connectivity index (χ3v) is 8.59. The minimum Gasteiger partial charge on any atom is -0.379 e. The average Bonchev–Trinajstić information content (AvgIpc) is 3.33. The largest absolute Gasteiger partial charge is 0.379 e. The third-order valence-electron chi connectivity index (χ3n) is 7.38. The molecule has 2 fully saturated rings. The van der Waals surface area contributed by atoms with Crippen molar-refractivity contribution < 1.29 is 14.3 Å². The highest BCUT2D eigenvalue weighted by atomic mass is 32.1. The summed E-state index contributed by atoms with van der Waals surface area (Å²) in [5.41, 5.74) is 4.90. The van der Waals surface area contributed by atoms with E-state index in [4.69, 9.17) is 9.72 Å². The summed E-state index contributed by atoms with van der Waals surface area (Å²) < 4.78 is 7.42. The molecule has 5 heterocycles. The molecule has 1 saturated carbocycles. The summed E-state index contributed by atoms with van der Waals surface area (Å²) in [5.74, 6) is -0.140. The van der Waals surface area contributed by atoms with Crippen LogP contribution in [0.2, 0.25) is 0 Å². The van der Waals surface area contributed by atoms with Crippen LogP contribution in [0.15, 0.2) is 60.9 Å². The number of aromatic nitrogens is 3. The average molecular weight is 526 g/mol. The molecule has 38 heavy (non-hydrogen) atoms. The summed E-state index contributed by atoms with van der Waals surface area (Å²) in [7, 11) is 0. The molecular weight excluding hydrogens is 498 g/mol. The Hall–Kier alpha value is -3.82. The summed E-state index contributed by atoms with van der Waals surface area (Å²) in [6.45, 7) is 1.93. The Kier molecular flexibility index (Phi) is 5.82. The zero-order chi connectivity index (χ0) is 25.6. The lowest BCUT2D eigenvalue weighted by Gasteiger charge is -2.22. The van der Waals surface area contributed by atoms with E-state index < -0.39 is 0 Å². The number of rotatable bonds is 5. The topological polar surface area (TPSA) is 89.4 Å². The van der Waals surface area contributed by atoms with Crippen LogP contribution in [0.25, 0.3) is 21.7 Å². The molecule has 1 atom stereocenters. The molecule has 0 bridgehead atoms. The second-order valence-corrected chi connectivity index (χ2v) is 11.1. The fourth-order valence-electron chi connectivity index (χ4n) is 5.16. The van der Waals surface area contributed by atoms with Crippen LogP contribution in [-0.2, 0) is 11.2 Å². The van der Waals surface area contributed by atoms with E-state index in [0.717, 1.165) is 63.7 Å². The molecule has 0 radical (unpaired) electrons. The van der Waals surface area contributed by atoms with Crippen molar-refractivity contribution in [1.82, 2.24) is 20.1 Å². The highest BCUT2D eigenvalue weighted by molar-refractivity contribution is 7.17. The van der Waals surface area contributed by atoms with E-state index in [1.54, 1.807) is 12.3 Å². The van der Waals surface area contributed by atoms with E-state index in [1.165, 1.54) is 11.3 Å². The Bertz CT molecular complexity index is 1530. The minimum absolute atomic E-state index is 0.000724. The predicted octanol–water partition coefficient (Wildman–Crippen LogP) is 4.73. The van der Waals surface area contributed by atoms with Crippen molar-refractivity contribution in [3.63, 3.8) is 0 Å². The second kappa shape index (κ2) is 9.49. The molecule has 3 aromatic heterocycles. The van der Waals surface area contributed by atoms with Gasteiger partial charge in [0.2, 0.25) is 0 Å². The fraction of sp³-hybridized carbons (Fsp3) is 0.310. The number of carbonyl (C=O) groups is 2. The van der Waals surface area contributed by atoms with E-state index in [1.807, 2.05) is 58.2 Å². The summed E-state index contributed by atoms with van der Waals surface area (Å²) in [6, 6.07) is 16.0. The van der Waals surface area contributed by atoms with Gasteiger partial charge in [-0.05, 0) is 55.5 Å². The lowest BCUT2D eigenvalue weighted by Crippen LogP contribution is -2.33. The highest BCUT2D eigenvalue weighted by Gasteiger charge is 2.30. The molecule has 4 aromatic rings. The molecule has 2 aliphatic heterocycles. The quantitative estimate of drug-likeness (QED) is 0.407. The van der Waals surface area contributed by atoms with Gasteiger partial charge in [0, 0.05) is 41.4 Å². The molecule has 192 valence electrons. The van der Waals surface area contributed by atoms with Gasteiger partial charge < -0.3 is 15.0 Å². The van der Waals surface area contributed by atoms with Gasteiger partial charge >= 0.3 is 0 Å². The zero-order valence-electron chi connectivity index (χ0n) is 20.8. The van der Waals surface area contributed by atoms with E-state index in [-0.39, 0.29) is 17.9 Å². The van der Waals surface area contributed by atoms with Crippen molar-refractivity contribution in [3.8, 4) is 21.7 Å². The number of para-hydroxylation sites is 1. The molecule has 7 rings (SSSR count). The van der Waals surface area contributed by atoms with Gasteiger partial charge in [-0.2, -0.15) is 5.10 Å². The molecule has 3 aliphatic rings. The lowest BCUT2D eigenvalue weighted by atomic mass is 10.1. The standard InChI is InChI=1S/C29H27N5O3S/c35-28(31-20-8-9-20)26-14-18-10-12-33(25-7-2-1-4-22(25)27(18)38-26)29(36)24-6-3-5-23(32-24)19-15-30-34(16-19)21-11-13-37-17-21/h1-7,14-16,20-21H,8-13,17H2,(H,31,35). The molecule has 8 nitrogen and oxygen atoms in total. The fourth-order valence-corrected chi connectivity index (χ4v) is 6.30. The van der Waals surface area contributed by atoms with Gasteiger partial charge in [0.15, 0.2) is 0 Å². The predicted molar refractivity (Wildman–Crippen MR) is 146 cm³/mol. The summed E-state index contributed by atoms with van der Waals surface area (Å²) in [4.78, 5) is 34.9. The number of carbonyl (C=O) groups excluding carboxylic acids is 2. The van der Waals surface area contributed by atoms with Crippen LogP contribution < -0.4 is 10.2 Å². The number of ether oxygens (including phenoxy) is 1. The van der Waals surface area contributed by atoms with E-state index in [2.05, 4.69) is 10.4 Å². The van der Waals surface area contributed by atoms with E-state index in [0.29, 0.717) is 31.3 Å². The normalized spacial score (nSPS) is 18.5. The number of amides is 2. The minimum atomic E-state index is -0.141. The van der Waals surface area contributed by atoms with Crippen molar-refractivity contribution in [2.24, 2.45) is 0 Å². The SMILES string of the molecule is O=C(NC1CC1)c1cc2c(s1)-c1ccccc1N(C(=O)c1cccc(-c3cnn(C4CCOC4)c3)n1)CC2. The number of hydrogen-bond donors (Lipinski definition) is 1. The molecule has 1 N–H and O–H groups in total. The summed E-state index contributed by atoms with van der Waals surface area (Å²) >= 11 is 1.51. The molecule has 1 aliphatic carbocycles. The van der Waals surface area contributed by atoms with Crippen LogP contribution >= 0.6 is 11.3 Å². The number of thiophene rings is 1. The van der Waals surface area contributed by atoms with Crippen LogP contribution in [0.1, 0.15) is 51.0 Å². The van der Waals surface area contributed by atoms with Crippen molar-refractivity contribution in [1.29, 1.82) is 0 Å². The van der Waals surface area contributed by atoms with Crippen LogP contribution in [0, 0.1) is 0 Å². The second-order valence-electron chi connectivity index (χ2n) is 10.1. The molecular formula is C29H27N5O3S. The Morgan fingerprint density at radius 3 is 2.82 bits per heavy atom. The number of hydrogen-bond acceptors (Lipinski definition) is 6. The monoisotopic (exact) mass is 525 g/mol. The molecule has 1 saturated heterocycles. The lowest BCUT2D eigenvalue weighted by molar-refractivity contribution is 0.0952. The van der Waals surface area contributed by atoms with Gasteiger partial charge in [0.1, 0.15) is 5.69 Å². The summed E-state index contributed by atoms with van der Waals surface area (Å²) in [6.07, 6.45) is 7.50. The van der Waals surface area contributed by atoms with Crippen molar-refractivity contribution in [2.45, 2.75) is 37.8 Å². The first kappa shape index (κ1) is 23.3. The van der Waals surface area contributed by atoms with Crippen molar-refractivity contribution in [2.75, 3.05) is 24.7 Å². The smallest absolute Gasteiger partial charge is 0.276 e. The highest BCUT2D eigenvalue weighted by Crippen LogP contribution is 2.42. The summed E-state index contributed by atoms with van der Waals surface area (Å²) in [5, 5.41) is 7.60. The molecule has 9 heteroatoms. The first-order chi connectivity index (χ1) is 18.6. The molecule has 1 aromatic carbocycles. The van der Waals surface area contributed by atoms with Gasteiger partial charge in [-0.1, -0.05) is 24.3 Å². The van der Waals surface area contributed by atoms with Crippen molar-refractivity contribution in [3.05, 3.63) is 77.1 Å². The Morgan fingerprint density at radius 2 is 1.97 bits per heavy atom. The number of pyridine rings is 1. The number of nitrogens with zero attached hydrogens (tertiary/aromatic N) is 4. The number of anilines is 1. The maximum atomic E-state index is 13.9. The Morgan fingerprint density at radius 1 is 1.08 bits per heavy atom. The van der Waals surface area contributed by atoms with Crippen LogP contribution in [0.4, 0.5) is 5.69 Å². The zero-order valence-corrected chi connectivity index (χ0v) is 21.6. The van der Waals surface area contributed by atoms with Gasteiger partial charge in [0.05, 0.1) is 35.1 Å². The number of nitrogens with one attached hydrogen (secondary N) is 1. The van der Waals surface area contributed by atoms with Crippen molar-refractivity contribution >= 4 is 28.8 Å². The Labute approximate surface area is 224 Å². The van der Waals surface area contributed by atoms with Gasteiger partial charge in [-0.15, -0.1) is 11.3 Å². The maximum Gasteiger partial charge on any atom is 0.276 e. The van der Waals surface area contributed by atoms with Gasteiger partial charge in [-0.3, -0.25) is 14.3 Å². The van der Waals surface area contributed by atoms with Crippen LogP contribution in [-0.4, -0.2) is 52.4 Å².